The summed E-state index contributed by atoms with van der Waals surface area (Å²) in [7, 11) is 0. The second kappa shape index (κ2) is 5.30. The summed E-state index contributed by atoms with van der Waals surface area (Å²) in [5.41, 5.74) is 7.28. The molecular formula is C13H11Cl2NO. The van der Waals surface area contributed by atoms with Crippen molar-refractivity contribution in [3.05, 3.63) is 58.1 Å². The Morgan fingerprint density at radius 1 is 1.00 bits per heavy atom. The molecule has 0 unspecified atom stereocenters. The van der Waals surface area contributed by atoms with E-state index in [1.807, 2.05) is 24.3 Å². The molecule has 2 rings (SSSR count). The van der Waals surface area contributed by atoms with Crippen molar-refractivity contribution in [1.82, 2.24) is 0 Å². The summed E-state index contributed by atoms with van der Waals surface area (Å²) in [4.78, 5) is 0. The van der Waals surface area contributed by atoms with Gasteiger partial charge < -0.3 is 10.5 Å². The number of nitrogens with two attached hydrogens (primary N) is 1. The van der Waals surface area contributed by atoms with Crippen LogP contribution in [-0.2, 0) is 6.61 Å². The largest absolute Gasteiger partial charge is 0.487 e. The van der Waals surface area contributed by atoms with Crippen molar-refractivity contribution in [3.63, 3.8) is 0 Å². The molecule has 0 saturated heterocycles. The highest BCUT2D eigenvalue weighted by atomic mass is 35.5. The first-order valence-corrected chi connectivity index (χ1v) is 5.83. The fourth-order valence-corrected chi connectivity index (χ4v) is 1.68. The van der Waals surface area contributed by atoms with Crippen molar-refractivity contribution in [2.45, 2.75) is 6.61 Å². The molecule has 0 aliphatic rings. The molecule has 0 radical (unpaired) electrons. The van der Waals surface area contributed by atoms with Gasteiger partial charge in [-0.05, 0) is 29.8 Å². The predicted octanol–water partition coefficient (Wildman–Crippen LogP) is 4.15. The molecule has 2 aromatic rings. The Morgan fingerprint density at radius 2 is 1.71 bits per heavy atom. The summed E-state index contributed by atoms with van der Waals surface area (Å²) in [5, 5.41) is 1.20. The second-order valence-electron chi connectivity index (χ2n) is 3.57. The number of hydrogen-bond donors (Lipinski definition) is 1. The van der Waals surface area contributed by atoms with Crippen LogP contribution < -0.4 is 10.5 Å². The third kappa shape index (κ3) is 3.05. The van der Waals surface area contributed by atoms with Crippen LogP contribution in [0.2, 0.25) is 10.0 Å². The normalized spacial score (nSPS) is 10.2. The summed E-state index contributed by atoms with van der Waals surface area (Å²) in [6, 6.07) is 12.8. The lowest BCUT2D eigenvalue weighted by atomic mass is 10.2. The lowest BCUT2D eigenvalue weighted by molar-refractivity contribution is 0.308. The highest BCUT2D eigenvalue weighted by Crippen LogP contribution is 2.29. The second-order valence-corrected chi connectivity index (χ2v) is 4.41. The molecule has 0 saturated carbocycles. The van der Waals surface area contributed by atoms with Crippen LogP contribution in [-0.4, -0.2) is 0 Å². The minimum atomic E-state index is 0.432. The Morgan fingerprint density at radius 3 is 2.41 bits per heavy atom. The van der Waals surface area contributed by atoms with Gasteiger partial charge in [-0.3, -0.25) is 0 Å². The zero-order chi connectivity index (χ0) is 12.3. The van der Waals surface area contributed by atoms with Gasteiger partial charge in [0.1, 0.15) is 12.4 Å². The van der Waals surface area contributed by atoms with Gasteiger partial charge in [0.05, 0.1) is 10.7 Å². The van der Waals surface area contributed by atoms with E-state index in [0.717, 1.165) is 5.56 Å². The summed E-state index contributed by atoms with van der Waals surface area (Å²) in [6.45, 7) is 0.432. The summed E-state index contributed by atoms with van der Waals surface area (Å²) < 4.78 is 5.59. The summed E-state index contributed by atoms with van der Waals surface area (Å²) in [5.74, 6) is 0.590. The molecule has 0 bridgehead atoms. The average Bonchev–Trinajstić information content (AvgIpc) is 2.33. The maximum Gasteiger partial charge on any atom is 0.144 e. The first-order chi connectivity index (χ1) is 8.16. The topological polar surface area (TPSA) is 35.2 Å². The first kappa shape index (κ1) is 12.1. The number of rotatable bonds is 3. The molecule has 0 spiro atoms. The molecule has 17 heavy (non-hydrogen) atoms. The van der Waals surface area contributed by atoms with Gasteiger partial charge in [0.2, 0.25) is 0 Å². The number of para-hydroxylation sites is 1. The number of benzene rings is 2. The number of ether oxygens (including phenoxy) is 1. The van der Waals surface area contributed by atoms with Gasteiger partial charge in [-0.1, -0.05) is 41.4 Å². The molecule has 0 fully saturated rings. The number of anilines is 1. The maximum atomic E-state index is 5.89. The predicted molar refractivity (Wildman–Crippen MR) is 71.6 cm³/mol. The van der Waals surface area contributed by atoms with Crippen molar-refractivity contribution >= 4 is 28.9 Å². The van der Waals surface area contributed by atoms with E-state index in [0.29, 0.717) is 28.1 Å². The molecule has 88 valence electrons. The molecule has 2 aromatic carbocycles. The molecule has 0 amide bonds. The van der Waals surface area contributed by atoms with Crippen molar-refractivity contribution in [2.75, 3.05) is 5.73 Å². The van der Waals surface area contributed by atoms with Gasteiger partial charge >= 0.3 is 0 Å². The minimum Gasteiger partial charge on any atom is -0.487 e. The fourth-order valence-electron chi connectivity index (χ4n) is 1.38. The Kier molecular flexibility index (Phi) is 3.77. The van der Waals surface area contributed by atoms with E-state index in [1.165, 1.54) is 0 Å². The van der Waals surface area contributed by atoms with Gasteiger partial charge in [0, 0.05) is 5.02 Å². The Balaban J connectivity index is 2.07. The van der Waals surface area contributed by atoms with E-state index in [1.54, 1.807) is 18.2 Å². The molecule has 0 aliphatic carbocycles. The SMILES string of the molecule is Nc1c(Cl)cccc1OCc1ccc(Cl)cc1. The zero-order valence-electron chi connectivity index (χ0n) is 8.99. The Hall–Kier alpha value is -1.38. The van der Waals surface area contributed by atoms with Gasteiger partial charge in [0.25, 0.3) is 0 Å². The molecule has 0 atom stereocenters. The number of halogens is 2. The number of hydrogen-bond acceptors (Lipinski definition) is 2. The summed E-state index contributed by atoms with van der Waals surface area (Å²) >= 11 is 11.7. The average molecular weight is 268 g/mol. The van der Waals surface area contributed by atoms with Crippen molar-refractivity contribution in [3.8, 4) is 5.75 Å². The van der Waals surface area contributed by atoms with E-state index >= 15 is 0 Å². The van der Waals surface area contributed by atoms with Crippen LogP contribution >= 0.6 is 23.2 Å². The van der Waals surface area contributed by atoms with Crippen LogP contribution in [0.4, 0.5) is 5.69 Å². The molecule has 2 N–H and O–H groups in total. The highest BCUT2D eigenvalue weighted by molar-refractivity contribution is 6.33. The van der Waals surface area contributed by atoms with Crippen molar-refractivity contribution in [2.24, 2.45) is 0 Å². The Bertz CT molecular complexity index is 511. The smallest absolute Gasteiger partial charge is 0.144 e. The lowest BCUT2D eigenvalue weighted by Gasteiger charge is -2.09. The maximum absolute atomic E-state index is 5.89. The van der Waals surface area contributed by atoms with Crippen molar-refractivity contribution < 1.29 is 4.74 Å². The Labute approximate surface area is 110 Å². The third-order valence-electron chi connectivity index (χ3n) is 2.32. The van der Waals surface area contributed by atoms with Crippen LogP contribution in [0.1, 0.15) is 5.56 Å². The van der Waals surface area contributed by atoms with E-state index in [9.17, 15) is 0 Å². The van der Waals surface area contributed by atoms with Gasteiger partial charge in [-0.25, -0.2) is 0 Å². The quantitative estimate of drug-likeness (QED) is 0.848. The first-order valence-electron chi connectivity index (χ1n) is 5.08. The van der Waals surface area contributed by atoms with Crippen LogP contribution in [0.15, 0.2) is 42.5 Å². The fraction of sp³-hybridized carbons (Fsp3) is 0.0769. The molecule has 2 nitrogen and oxygen atoms in total. The zero-order valence-corrected chi connectivity index (χ0v) is 10.5. The van der Waals surface area contributed by atoms with Gasteiger partial charge in [-0.2, -0.15) is 0 Å². The highest BCUT2D eigenvalue weighted by Gasteiger charge is 2.04. The number of nitrogen functional groups attached to an aromatic ring is 1. The van der Waals surface area contributed by atoms with Gasteiger partial charge in [0.15, 0.2) is 0 Å². The molecule has 0 aromatic heterocycles. The van der Waals surface area contributed by atoms with Crippen LogP contribution in [0.25, 0.3) is 0 Å². The minimum absolute atomic E-state index is 0.432. The van der Waals surface area contributed by atoms with Crippen LogP contribution in [0, 0.1) is 0 Å². The lowest BCUT2D eigenvalue weighted by Crippen LogP contribution is -1.98. The van der Waals surface area contributed by atoms with E-state index in [-0.39, 0.29) is 0 Å². The molecular weight excluding hydrogens is 257 g/mol. The summed E-state index contributed by atoms with van der Waals surface area (Å²) in [6.07, 6.45) is 0. The van der Waals surface area contributed by atoms with E-state index in [2.05, 4.69) is 0 Å². The standard InChI is InChI=1S/C13H11Cl2NO/c14-10-6-4-9(5-7-10)8-17-12-3-1-2-11(15)13(12)16/h1-7H,8,16H2. The van der Waals surface area contributed by atoms with Crippen molar-refractivity contribution in [1.29, 1.82) is 0 Å². The molecule has 0 aliphatic heterocycles. The molecule has 4 heteroatoms. The monoisotopic (exact) mass is 267 g/mol. The molecule has 0 heterocycles. The van der Waals surface area contributed by atoms with E-state index < -0.39 is 0 Å². The van der Waals surface area contributed by atoms with Gasteiger partial charge in [-0.15, -0.1) is 0 Å². The van der Waals surface area contributed by atoms with Crippen LogP contribution in [0.3, 0.4) is 0 Å². The third-order valence-corrected chi connectivity index (χ3v) is 2.90. The van der Waals surface area contributed by atoms with E-state index in [4.69, 9.17) is 33.7 Å². The van der Waals surface area contributed by atoms with Crippen LogP contribution in [0.5, 0.6) is 5.75 Å².